The summed E-state index contributed by atoms with van der Waals surface area (Å²) in [4.78, 5) is 19.1. The van der Waals surface area contributed by atoms with E-state index < -0.39 is 0 Å². The van der Waals surface area contributed by atoms with E-state index in [9.17, 15) is 4.79 Å². The predicted molar refractivity (Wildman–Crippen MR) is 59.6 cm³/mol. The Balaban J connectivity index is 2.24. The van der Waals surface area contributed by atoms with Crippen molar-refractivity contribution in [2.75, 3.05) is 0 Å². The normalized spacial score (nSPS) is 10.4. The van der Waals surface area contributed by atoms with Gasteiger partial charge in [0.05, 0.1) is 6.42 Å². The van der Waals surface area contributed by atoms with E-state index in [1.807, 2.05) is 6.07 Å². The second kappa shape index (κ2) is 4.52. The van der Waals surface area contributed by atoms with Crippen LogP contribution in [0.1, 0.15) is 12.8 Å². The number of hydrogen-bond donors (Lipinski definition) is 0. The average Bonchev–Trinajstić information content (AvgIpc) is 2.66. The molecule has 0 aliphatic heterocycles. The Kier molecular flexibility index (Phi) is 3.09. The molecule has 0 spiro atoms. The van der Waals surface area contributed by atoms with Gasteiger partial charge >= 0.3 is 0 Å². The molecule has 2 aromatic rings. The Morgan fingerprint density at radius 2 is 2.31 bits per heavy atom. The molecule has 2 rings (SSSR count). The van der Waals surface area contributed by atoms with Gasteiger partial charge in [-0.25, -0.2) is 0 Å². The number of halogens is 1. The van der Waals surface area contributed by atoms with Gasteiger partial charge in [-0.1, -0.05) is 5.16 Å². The second-order valence-electron chi connectivity index (χ2n) is 3.25. The minimum atomic E-state index is -0.0148. The van der Waals surface area contributed by atoms with Gasteiger partial charge in [0.1, 0.15) is 11.5 Å². The van der Waals surface area contributed by atoms with Crippen LogP contribution in [0.2, 0.25) is 0 Å². The van der Waals surface area contributed by atoms with Crippen molar-refractivity contribution >= 4 is 21.7 Å². The van der Waals surface area contributed by atoms with Crippen LogP contribution in [-0.4, -0.2) is 20.9 Å². The summed E-state index contributed by atoms with van der Waals surface area (Å²) in [5, 5.41) is 3.75. The van der Waals surface area contributed by atoms with Gasteiger partial charge < -0.3 is 4.52 Å². The fourth-order valence-electron chi connectivity index (χ4n) is 1.15. The van der Waals surface area contributed by atoms with Crippen LogP contribution in [-0.2, 0) is 11.2 Å². The Bertz CT molecular complexity index is 507. The highest BCUT2D eigenvalue weighted by Crippen LogP contribution is 2.15. The summed E-state index contributed by atoms with van der Waals surface area (Å²) < 4.78 is 5.80. The van der Waals surface area contributed by atoms with E-state index in [-0.39, 0.29) is 12.2 Å². The summed E-state index contributed by atoms with van der Waals surface area (Å²) >= 11 is 3.28. The van der Waals surface area contributed by atoms with Gasteiger partial charge in [0.2, 0.25) is 11.7 Å². The third kappa shape index (κ3) is 2.52. The number of pyridine rings is 1. The number of ketones is 1. The first-order valence-electron chi connectivity index (χ1n) is 4.59. The lowest BCUT2D eigenvalue weighted by Gasteiger charge is -1.92. The van der Waals surface area contributed by atoms with Crippen molar-refractivity contribution in [2.45, 2.75) is 13.3 Å². The lowest BCUT2D eigenvalue weighted by molar-refractivity contribution is -0.116. The number of carbonyl (C=O) groups excluding carboxylic acids is 1. The number of carbonyl (C=O) groups is 1. The van der Waals surface area contributed by atoms with Crippen LogP contribution >= 0.6 is 15.9 Å². The summed E-state index contributed by atoms with van der Waals surface area (Å²) in [6, 6.07) is 3.61. The minimum Gasteiger partial charge on any atom is -0.338 e. The van der Waals surface area contributed by atoms with Crippen molar-refractivity contribution in [1.82, 2.24) is 15.1 Å². The summed E-state index contributed by atoms with van der Waals surface area (Å²) in [6.45, 7) is 1.47. The van der Waals surface area contributed by atoms with Gasteiger partial charge in [0.25, 0.3) is 0 Å². The highest BCUT2D eigenvalue weighted by molar-refractivity contribution is 9.10. The summed E-state index contributed by atoms with van der Waals surface area (Å²) in [5.41, 5.74) is 0.613. The average molecular weight is 282 g/mol. The lowest BCUT2D eigenvalue weighted by atomic mass is 10.3. The Morgan fingerprint density at radius 3 is 2.94 bits per heavy atom. The molecule has 0 bridgehead atoms. The van der Waals surface area contributed by atoms with E-state index in [1.165, 1.54) is 6.92 Å². The van der Waals surface area contributed by atoms with Gasteiger partial charge in [-0.15, -0.1) is 0 Å². The fourth-order valence-corrected chi connectivity index (χ4v) is 1.39. The summed E-state index contributed by atoms with van der Waals surface area (Å²) in [6.07, 6.45) is 1.81. The molecule has 0 fully saturated rings. The van der Waals surface area contributed by atoms with Crippen LogP contribution in [0.5, 0.6) is 0 Å². The van der Waals surface area contributed by atoms with Crippen LogP contribution < -0.4 is 0 Å². The van der Waals surface area contributed by atoms with Crippen molar-refractivity contribution < 1.29 is 9.32 Å². The largest absolute Gasteiger partial charge is 0.338 e. The molecule has 0 N–H and O–H groups in total. The molecule has 0 radical (unpaired) electrons. The number of aromatic nitrogens is 3. The van der Waals surface area contributed by atoms with Gasteiger partial charge in [-0.05, 0) is 35.0 Å². The second-order valence-corrected chi connectivity index (χ2v) is 4.17. The van der Waals surface area contributed by atoms with Crippen molar-refractivity contribution in [3.8, 4) is 11.5 Å². The molecule has 2 heterocycles. The molecule has 0 saturated carbocycles. The number of rotatable bonds is 3. The van der Waals surface area contributed by atoms with E-state index in [0.717, 1.165) is 4.47 Å². The van der Waals surface area contributed by atoms with Gasteiger partial charge in [-0.3, -0.25) is 9.78 Å². The smallest absolute Gasteiger partial charge is 0.234 e. The minimum absolute atomic E-state index is 0.0148. The topological polar surface area (TPSA) is 68.9 Å². The maximum atomic E-state index is 10.9. The van der Waals surface area contributed by atoms with Crippen LogP contribution in [0.4, 0.5) is 0 Å². The monoisotopic (exact) mass is 281 g/mol. The van der Waals surface area contributed by atoms with E-state index in [2.05, 4.69) is 31.1 Å². The first-order chi connectivity index (χ1) is 7.65. The van der Waals surface area contributed by atoms with E-state index in [1.54, 1.807) is 12.3 Å². The molecule has 0 unspecified atom stereocenters. The molecule has 0 aliphatic rings. The number of hydrogen-bond acceptors (Lipinski definition) is 5. The molecule has 0 aliphatic carbocycles. The standard InChI is InChI=1S/C10H8BrN3O2/c1-6(15)4-9-13-10(14-16-9)8-3-2-7(11)5-12-8/h2-3,5H,4H2,1H3. The highest BCUT2D eigenvalue weighted by Gasteiger charge is 2.10. The van der Waals surface area contributed by atoms with Crippen molar-refractivity contribution in [1.29, 1.82) is 0 Å². The molecule has 82 valence electrons. The van der Waals surface area contributed by atoms with Gasteiger partial charge in [0.15, 0.2) is 0 Å². The maximum Gasteiger partial charge on any atom is 0.234 e. The van der Waals surface area contributed by atoms with Crippen LogP contribution in [0.15, 0.2) is 27.3 Å². The molecular formula is C10H8BrN3O2. The molecule has 0 saturated heterocycles. The van der Waals surface area contributed by atoms with Crippen LogP contribution in [0.3, 0.4) is 0 Å². The van der Waals surface area contributed by atoms with Crippen LogP contribution in [0, 0.1) is 0 Å². The Labute approximate surface area is 100 Å². The van der Waals surface area contributed by atoms with Crippen molar-refractivity contribution in [3.63, 3.8) is 0 Å². The SMILES string of the molecule is CC(=O)Cc1nc(-c2ccc(Br)cn2)no1. The fraction of sp³-hybridized carbons (Fsp3) is 0.200. The third-order valence-electron chi connectivity index (χ3n) is 1.82. The Morgan fingerprint density at radius 1 is 1.50 bits per heavy atom. The maximum absolute atomic E-state index is 10.9. The lowest BCUT2D eigenvalue weighted by Crippen LogP contribution is -1.96. The summed E-state index contributed by atoms with van der Waals surface area (Å²) in [7, 11) is 0. The van der Waals surface area contributed by atoms with Gasteiger partial charge in [0, 0.05) is 10.7 Å². The zero-order valence-electron chi connectivity index (χ0n) is 8.48. The highest BCUT2D eigenvalue weighted by atomic mass is 79.9. The Hall–Kier alpha value is -1.56. The van der Waals surface area contributed by atoms with Crippen molar-refractivity contribution in [3.05, 3.63) is 28.7 Å². The summed E-state index contributed by atoms with van der Waals surface area (Å²) in [5.74, 6) is 0.690. The van der Waals surface area contributed by atoms with E-state index in [4.69, 9.17) is 4.52 Å². The zero-order chi connectivity index (χ0) is 11.5. The van der Waals surface area contributed by atoms with Gasteiger partial charge in [-0.2, -0.15) is 4.98 Å². The zero-order valence-corrected chi connectivity index (χ0v) is 10.1. The molecule has 5 nitrogen and oxygen atoms in total. The molecule has 2 aromatic heterocycles. The number of Topliss-reactive ketones (excluding diaryl/α,β-unsaturated/α-hetero) is 1. The molecule has 16 heavy (non-hydrogen) atoms. The van der Waals surface area contributed by atoms with Crippen molar-refractivity contribution in [2.24, 2.45) is 0 Å². The first-order valence-corrected chi connectivity index (χ1v) is 5.38. The molecular weight excluding hydrogens is 274 g/mol. The molecule has 0 aromatic carbocycles. The number of nitrogens with zero attached hydrogens (tertiary/aromatic N) is 3. The van der Waals surface area contributed by atoms with E-state index >= 15 is 0 Å². The molecule has 6 heteroatoms. The van der Waals surface area contributed by atoms with Crippen LogP contribution in [0.25, 0.3) is 11.5 Å². The quantitative estimate of drug-likeness (QED) is 0.861. The first kappa shape index (κ1) is 10.9. The molecule has 0 atom stereocenters. The van der Waals surface area contributed by atoms with E-state index in [0.29, 0.717) is 17.4 Å². The molecule has 0 amide bonds. The third-order valence-corrected chi connectivity index (χ3v) is 2.29. The predicted octanol–water partition coefficient (Wildman–Crippen LogP) is 2.03.